The highest BCUT2D eigenvalue weighted by Crippen LogP contribution is 2.11. The van der Waals surface area contributed by atoms with Gasteiger partial charge in [0.1, 0.15) is 12.2 Å². The van der Waals surface area contributed by atoms with Crippen LogP contribution in [-0.2, 0) is 20.8 Å². The van der Waals surface area contributed by atoms with Gasteiger partial charge < -0.3 is 19.3 Å². The second kappa shape index (κ2) is 6.71. The molecule has 0 aliphatic carbocycles. The highest BCUT2D eigenvalue weighted by Gasteiger charge is 2.26. The SMILES string of the molecule is OC[C@H]1OCCO[C@@H]1COCc1ccccc1. The van der Waals surface area contributed by atoms with E-state index < -0.39 is 0 Å². The van der Waals surface area contributed by atoms with E-state index in [1.807, 2.05) is 30.3 Å². The Morgan fingerprint density at radius 2 is 1.82 bits per heavy atom. The Kier molecular flexibility index (Phi) is 4.94. The topological polar surface area (TPSA) is 47.9 Å². The van der Waals surface area contributed by atoms with Crippen molar-refractivity contribution < 1.29 is 19.3 Å². The quantitative estimate of drug-likeness (QED) is 0.830. The molecule has 0 bridgehead atoms. The summed E-state index contributed by atoms with van der Waals surface area (Å²) >= 11 is 0. The van der Waals surface area contributed by atoms with E-state index in [-0.39, 0.29) is 18.8 Å². The van der Waals surface area contributed by atoms with Gasteiger partial charge in [-0.25, -0.2) is 0 Å². The fourth-order valence-electron chi connectivity index (χ4n) is 1.81. The summed E-state index contributed by atoms with van der Waals surface area (Å²) in [7, 11) is 0. The minimum Gasteiger partial charge on any atom is -0.394 e. The molecule has 0 spiro atoms. The lowest BCUT2D eigenvalue weighted by Gasteiger charge is -2.30. The Labute approximate surface area is 101 Å². The number of aliphatic hydroxyl groups excluding tert-OH is 1. The first-order valence-electron chi connectivity index (χ1n) is 5.86. The molecule has 4 heteroatoms. The van der Waals surface area contributed by atoms with E-state index in [9.17, 15) is 0 Å². The van der Waals surface area contributed by atoms with Gasteiger partial charge in [0, 0.05) is 0 Å². The summed E-state index contributed by atoms with van der Waals surface area (Å²) in [6, 6.07) is 9.97. The van der Waals surface area contributed by atoms with Crippen molar-refractivity contribution in [3.8, 4) is 0 Å². The fraction of sp³-hybridized carbons (Fsp3) is 0.538. The average molecular weight is 238 g/mol. The largest absolute Gasteiger partial charge is 0.394 e. The van der Waals surface area contributed by atoms with Gasteiger partial charge in [0.2, 0.25) is 0 Å². The van der Waals surface area contributed by atoms with Crippen molar-refractivity contribution in [2.45, 2.75) is 18.8 Å². The molecule has 1 saturated heterocycles. The molecule has 1 aliphatic heterocycles. The summed E-state index contributed by atoms with van der Waals surface area (Å²) < 4.78 is 16.5. The van der Waals surface area contributed by atoms with E-state index in [4.69, 9.17) is 19.3 Å². The molecule has 1 aliphatic rings. The first-order valence-corrected chi connectivity index (χ1v) is 5.86. The van der Waals surface area contributed by atoms with Gasteiger partial charge in [-0.05, 0) is 5.56 Å². The van der Waals surface area contributed by atoms with Crippen LogP contribution in [0, 0.1) is 0 Å². The average Bonchev–Trinajstić information content (AvgIpc) is 2.40. The van der Waals surface area contributed by atoms with Crippen molar-refractivity contribution in [3.05, 3.63) is 35.9 Å². The van der Waals surface area contributed by atoms with E-state index in [1.54, 1.807) is 0 Å². The van der Waals surface area contributed by atoms with Crippen LogP contribution in [0.4, 0.5) is 0 Å². The van der Waals surface area contributed by atoms with Crippen LogP contribution < -0.4 is 0 Å². The normalized spacial score (nSPS) is 24.8. The first-order chi connectivity index (χ1) is 8.40. The molecule has 0 aromatic heterocycles. The molecule has 2 atom stereocenters. The number of hydrogen-bond acceptors (Lipinski definition) is 4. The molecule has 0 amide bonds. The van der Waals surface area contributed by atoms with E-state index >= 15 is 0 Å². The molecule has 1 N–H and O–H groups in total. The number of aliphatic hydroxyl groups is 1. The standard InChI is InChI=1S/C13H18O4/c14-8-12-13(17-7-6-16-12)10-15-9-11-4-2-1-3-5-11/h1-5,12-14H,6-10H2/t12-,13-/m1/s1. The molecule has 17 heavy (non-hydrogen) atoms. The van der Waals surface area contributed by atoms with Gasteiger partial charge in [0.25, 0.3) is 0 Å². The van der Waals surface area contributed by atoms with E-state index in [2.05, 4.69) is 0 Å². The van der Waals surface area contributed by atoms with E-state index in [0.29, 0.717) is 26.4 Å². The number of benzene rings is 1. The van der Waals surface area contributed by atoms with Crippen LogP contribution in [0.5, 0.6) is 0 Å². The molecule has 1 aromatic rings. The van der Waals surface area contributed by atoms with Crippen molar-refractivity contribution in [1.29, 1.82) is 0 Å². The Balaban J connectivity index is 1.74. The van der Waals surface area contributed by atoms with Crippen molar-refractivity contribution in [2.24, 2.45) is 0 Å². The minimum atomic E-state index is -0.264. The van der Waals surface area contributed by atoms with Crippen LogP contribution in [0.2, 0.25) is 0 Å². The molecule has 1 aromatic carbocycles. The molecule has 4 nitrogen and oxygen atoms in total. The zero-order valence-electron chi connectivity index (χ0n) is 9.75. The number of hydrogen-bond donors (Lipinski definition) is 1. The Morgan fingerprint density at radius 1 is 1.12 bits per heavy atom. The van der Waals surface area contributed by atoms with Gasteiger partial charge in [-0.3, -0.25) is 0 Å². The van der Waals surface area contributed by atoms with E-state index in [0.717, 1.165) is 5.56 Å². The Bertz CT molecular complexity index is 314. The Hall–Kier alpha value is -0.940. The maximum Gasteiger partial charge on any atom is 0.109 e. The zero-order valence-corrected chi connectivity index (χ0v) is 9.75. The van der Waals surface area contributed by atoms with Crippen molar-refractivity contribution in [2.75, 3.05) is 26.4 Å². The number of ether oxygens (including phenoxy) is 3. The molecule has 0 unspecified atom stereocenters. The molecule has 94 valence electrons. The summed E-state index contributed by atoms with van der Waals surface area (Å²) in [6.45, 7) is 2.08. The summed E-state index contributed by atoms with van der Waals surface area (Å²) in [4.78, 5) is 0. The van der Waals surface area contributed by atoms with Crippen LogP contribution >= 0.6 is 0 Å². The number of rotatable bonds is 5. The second-order valence-corrected chi connectivity index (χ2v) is 4.00. The molecular formula is C13H18O4. The lowest BCUT2D eigenvalue weighted by molar-refractivity contribution is -0.172. The van der Waals surface area contributed by atoms with Crippen LogP contribution in [-0.4, -0.2) is 43.7 Å². The predicted molar refractivity (Wildman–Crippen MR) is 62.7 cm³/mol. The van der Waals surface area contributed by atoms with Crippen LogP contribution in [0.25, 0.3) is 0 Å². The van der Waals surface area contributed by atoms with Crippen LogP contribution in [0.3, 0.4) is 0 Å². The first kappa shape index (κ1) is 12.5. The molecule has 2 rings (SSSR count). The summed E-state index contributed by atoms with van der Waals surface area (Å²) in [6.07, 6.45) is -0.433. The zero-order chi connectivity index (χ0) is 11.9. The van der Waals surface area contributed by atoms with Crippen LogP contribution in [0.15, 0.2) is 30.3 Å². The molecule has 0 saturated carbocycles. The fourth-order valence-corrected chi connectivity index (χ4v) is 1.81. The lowest BCUT2D eigenvalue weighted by atomic mass is 10.2. The monoisotopic (exact) mass is 238 g/mol. The summed E-state index contributed by atoms with van der Waals surface area (Å²) in [5, 5.41) is 9.12. The van der Waals surface area contributed by atoms with Gasteiger partial charge in [-0.15, -0.1) is 0 Å². The summed E-state index contributed by atoms with van der Waals surface area (Å²) in [5.74, 6) is 0. The molecular weight excluding hydrogens is 220 g/mol. The predicted octanol–water partition coefficient (Wildman–Crippen LogP) is 0.979. The third-order valence-electron chi connectivity index (χ3n) is 2.74. The smallest absolute Gasteiger partial charge is 0.109 e. The van der Waals surface area contributed by atoms with Gasteiger partial charge in [0.15, 0.2) is 0 Å². The highest BCUT2D eigenvalue weighted by atomic mass is 16.6. The van der Waals surface area contributed by atoms with Crippen molar-refractivity contribution in [3.63, 3.8) is 0 Å². The Morgan fingerprint density at radius 3 is 2.53 bits per heavy atom. The molecule has 1 heterocycles. The molecule has 0 radical (unpaired) electrons. The van der Waals surface area contributed by atoms with Crippen LogP contribution in [0.1, 0.15) is 5.56 Å². The minimum absolute atomic E-state index is 0.0284. The van der Waals surface area contributed by atoms with E-state index in [1.165, 1.54) is 0 Å². The van der Waals surface area contributed by atoms with Gasteiger partial charge in [-0.1, -0.05) is 30.3 Å². The lowest BCUT2D eigenvalue weighted by Crippen LogP contribution is -2.43. The third kappa shape index (κ3) is 3.78. The van der Waals surface area contributed by atoms with Crippen molar-refractivity contribution >= 4 is 0 Å². The maximum absolute atomic E-state index is 9.12. The van der Waals surface area contributed by atoms with Crippen molar-refractivity contribution in [1.82, 2.24) is 0 Å². The highest BCUT2D eigenvalue weighted by molar-refractivity contribution is 5.13. The second-order valence-electron chi connectivity index (χ2n) is 4.00. The molecule has 1 fully saturated rings. The van der Waals surface area contributed by atoms with Gasteiger partial charge >= 0.3 is 0 Å². The maximum atomic E-state index is 9.12. The summed E-state index contributed by atoms with van der Waals surface area (Å²) in [5.41, 5.74) is 1.13. The van der Waals surface area contributed by atoms with Gasteiger partial charge in [-0.2, -0.15) is 0 Å². The third-order valence-corrected chi connectivity index (χ3v) is 2.74. The van der Waals surface area contributed by atoms with Gasteiger partial charge in [0.05, 0.1) is 33.0 Å².